The van der Waals surface area contributed by atoms with Crippen molar-refractivity contribution in [3.05, 3.63) is 17.2 Å². The minimum absolute atomic E-state index is 0.342. The standard InChI is InChI=1S/C11H22N4/c1-8-11(13-9(2)15(8)6)10(7-12-3)14(4)5/h10,12H,7H2,1-6H3. The fraction of sp³-hybridized carbons (Fsp3) is 0.727. The lowest BCUT2D eigenvalue weighted by Crippen LogP contribution is -2.30. The van der Waals surface area contributed by atoms with Gasteiger partial charge in [-0.3, -0.25) is 4.90 Å². The Hall–Kier alpha value is -0.870. The molecule has 0 aromatic carbocycles. The third-order valence-electron chi connectivity index (χ3n) is 2.98. The molecule has 1 heterocycles. The Morgan fingerprint density at radius 1 is 1.40 bits per heavy atom. The molecule has 0 aliphatic rings. The fourth-order valence-corrected chi connectivity index (χ4v) is 1.78. The van der Waals surface area contributed by atoms with Crippen LogP contribution >= 0.6 is 0 Å². The van der Waals surface area contributed by atoms with Crippen LogP contribution in [0.3, 0.4) is 0 Å². The van der Waals surface area contributed by atoms with Crippen LogP contribution in [-0.2, 0) is 7.05 Å². The summed E-state index contributed by atoms with van der Waals surface area (Å²) in [6.07, 6.45) is 0. The van der Waals surface area contributed by atoms with E-state index in [1.807, 2.05) is 14.0 Å². The van der Waals surface area contributed by atoms with Crippen LogP contribution in [0.4, 0.5) is 0 Å². The Kier molecular flexibility index (Phi) is 3.88. The van der Waals surface area contributed by atoms with E-state index in [2.05, 4.69) is 47.8 Å². The van der Waals surface area contributed by atoms with E-state index in [0.29, 0.717) is 6.04 Å². The lowest BCUT2D eigenvalue weighted by molar-refractivity contribution is 0.287. The Bertz CT molecular complexity index is 328. The summed E-state index contributed by atoms with van der Waals surface area (Å²) < 4.78 is 2.14. The summed E-state index contributed by atoms with van der Waals surface area (Å²) in [5.41, 5.74) is 2.43. The van der Waals surface area contributed by atoms with Gasteiger partial charge >= 0.3 is 0 Å². The number of aryl methyl sites for hydroxylation is 1. The molecule has 1 unspecified atom stereocenters. The lowest BCUT2D eigenvalue weighted by atomic mass is 10.1. The molecule has 0 bridgehead atoms. The molecule has 1 atom stereocenters. The first-order valence-corrected chi connectivity index (χ1v) is 5.29. The third-order valence-corrected chi connectivity index (χ3v) is 2.98. The first kappa shape index (κ1) is 12.2. The zero-order chi connectivity index (χ0) is 11.6. The summed E-state index contributed by atoms with van der Waals surface area (Å²) in [5.74, 6) is 1.07. The van der Waals surface area contributed by atoms with Crippen molar-refractivity contribution in [2.75, 3.05) is 27.7 Å². The number of nitrogens with one attached hydrogen (secondary N) is 1. The number of likely N-dealkylation sites (N-methyl/N-ethyl adjacent to an activating group) is 2. The van der Waals surface area contributed by atoms with Crippen LogP contribution in [0.25, 0.3) is 0 Å². The van der Waals surface area contributed by atoms with Gasteiger partial charge in [0.05, 0.1) is 11.7 Å². The number of nitrogens with zero attached hydrogens (tertiary/aromatic N) is 3. The number of hydrogen-bond acceptors (Lipinski definition) is 3. The average molecular weight is 210 g/mol. The SMILES string of the molecule is CNCC(c1nc(C)n(C)c1C)N(C)C. The van der Waals surface area contributed by atoms with Gasteiger partial charge in [0.15, 0.2) is 0 Å². The van der Waals surface area contributed by atoms with E-state index in [9.17, 15) is 0 Å². The smallest absolute Gasteiger partial charge is 0.105 e. The fourth-order valence-electron chi connectivity index (χ4n) is 1.78. The maximum absolute atomic E-state index is 4.63. The molecule has 0 aliphatic carbocycles. The van der Waals surface area contributed by atoms with Gasteiger partial charge in [-0.15, -0.1) is 0 Å². The van der Waals surface area contributed by atoms with Crippen LogP contribution in [0, 0.1) is 13.8 Å². The minimum atomic E-state index is 0.342. The highest BCUT2D eigenvalue weighted by molar-refractivity contribution is 5.19. The monoisotopic (exact) mass is 210 g/mol. The Labute approximate surface area is 92.3 Å². The molecule has 1 rings (SSSR count). The molecular weight excluding hydrogens is 188 g/mol. The van der Waals surface area contributed by atoms with E-state index in [1.165, 1.54) is 11.4 Å². The van der Waals surface area contributed by atoms with E-state index in [-0.39, 0.29) is 0 Å². The highest BCUT2D eigenvalue weighted by atomic mass is 15.2. The predicted octanol–water partition coefficient (Wildman–Crippen LogP) is 0.859. The van der Waals surface area contributed by atoms with Gasteiger partial charge in [0, 0.05) is 19.3 Å². The van der Waals surface area contributed by atoms with Crippen LogP contribution in [0.15, 0.2) is 0 Å². The lowest BCUT2D eigenvalue weighted by Gasteiger charge is -2.23. The highest BCUT2D eigenvalue weighted by Crippen LogP contribution is 2.20. The molecule has 0 saturated heterocycles. The van der Waals surface area contributed by atoms with Gasteiger partial charge in [0.2, 0.25) is 0 Å². The molecule has 0 amide bonds. The molecule has 0 fully saturated rings. The van der Waals surface area contributed by atoms with Gasteiger partial charge < -0.3 is 9.88 Å². The van der Waals surface area contributed by atoms with Crippen molar-refractivity contribution in [3.63, 3.8) is 0 Å². The minimum Gasteiger partial charge on any atom is -0.335 e. The van der Waals surface area contributed by atoms with Gasteiger partial charge in [0.25, 0.3) is 0 Å². The molecule has 4 nitrogen and oxygen atoms in total. The van der Waals surface area contributed by atoms with Crippen molar-refractivity contribution >= 4 is 0 Å². The van der Waals surface area contributed by atoms with Gasteiger partial charge in [-0.1, -0.05) is 0 Å². The van der Waals surface area contributed by atoms with Crippen LogP contribution < -0.4 is 5.32 Å². The van der Waals surface area contributed by atoms with Crippen LogP contribution in [-0.4, -0.2) is 42.1 Å². The van der Waals surface area contributed by atoms with E-state index < -0.39 is 0 Å². The van der Waals surface area contributed by atoms with Crippen molar-refractivity contribution in [1.29, 1.82) is 0 Å². The van der Waals surface area contributed by atoms with E-state index in [4.69, 9.17) is 0 Å². The molecule has 0 saturated carbocycles. The topological polar surface area (TPSA) is 33.1 Å². The van der Waals surface area contributed by atoms with Crippen LogP contribution in [0.5, 0.6) is 0 Å². The molecule has 0 radical (unpaired) electrons. The maximum atomic E-state index is 4.63. The second kappa shape index (κ2) is 4.77. The normalized spacial score (nSPS) is 13.5. The number of hydrogen-bond donors (Lipinski definition) is 1. The van der Waals surface area contributed by atoms with Crippen molar-refractivity contribution in [1.82, 2.24) is 19.8 Å². The van der Waals surface area contributed by atoms with Crippen molar-refractivity contribution in [3.8, 4) is 0 Å². The molecule has 4 heteroatoms. The summed E-state index contributed by atoms with van der Waals surface area (Å²) in [4.78, 5) is 6.83. The van der Waals surface area contributed by atoms with E-state index in [0.717, 1.165) is 12.4 Å². The van der Waals surface area contributed by atoms with Gasteiger partial charge in [-0.05, 0) is 35.0 Å². The molecule has 15 heavy (non-hydrogen) atoms. The van der Waals surface area contributed by atoms with Crippen molar-refractivity contribution < 1.29 is 0 Å². The van der Waals surface area contributed by atoms with E-state index >= 15 is 0 Å². The largest absolute Gasteiger partial charge is 0.335 e. The predicted molar refractivity (Wildman–Crippen MR) is 63.0 cm³/mol. The molecule has 86 valence electrons. The summed E-state index contributed by atoms with van der Waals surface area (Å²) in [6, 6.07) is 0.342. The Morgan fingerprint density at radius 2 is 2.00 bits per heavy atom. The molecular formula is C11H22N4. The summed E-state index contributed by atoms with van der Waals surface area (Å²) in [7, 11) is 8.21. The molecule has 1 aromatic rings. The maximum Gasteiger partial charge on any atom is 0.105 e. The van der Waals surface area contributed by atoms with Gasteiger partial charge in [0.1, 0.15) is 5.82 Å². The number of rotatable bonds is 4. The highest BCUT2D eigenvalue weighted by Gasteiger charge is 2.20. The Morgan fingerprint density at radius 3 is 2.33 bits per heavy atom. The molecule has 1 N–H and O–H groups in total. The summed E-state index contributed by atoms with van der Waals surface area (Å²) in [6.45, 7) is 5.09. The number of aromatic nitrogens is 2. The van der Waals surface area contributed by atoms with Gasteiger partial charge in [-0.25, -0.2) is 4.98 Å². The molecule has 0 spiro atoms. The quantitative estimate of drug-likeness (QED) is 0.800. The molecule has 0 aliphatic heterocycles. The third kappa shape index (κ3) is 2.38. The Balaban J connectivity index is 3.05. The van der Waals surface area contributed by atoms with Crippen molar-refractivity contribution in [2.45, 2.75) is 19.9 Å². The molecule has 1 aromatic heterocycles. The van der Waals surface area contributed by atoms with Crippen molar-refractivity contribution in [2.24, 2.45) is 7.05 Å². The first-order valence-electron chi connectivity index (χ1n) is 5.29. The summed E-state index contributed by atoms with van der Waals surface area (Å²) >= 11 is 0. The van der Waals surface area contributed by atoms with Crippen LogP contribution in [0.1, 0.15) is 23.3 Å². The zero-order valence-corrected chi connectivity index (χ0v) is 10.6. The zero-order valence-electron chi connectivity index (χ0n) is 10.6. The number of imidazole rings is 1. The van der Waals surface area contributed by atoms with E-state index in [1.54, 1.807) is 0 Å². The second-order valence-corrected chi connectivity index (χ2v) is 4.23. The van der Waals surface area contributed by atoms with Crippen LogP contribution in [0.2, 0.25) is 0 Å². The second-order valence-electron chi connectivity index (χ2n) is 4.23. The first-order chi connectivity index (χ1) is 6.99. The average Bonchev–Trinajstić information content (AvgIpc) is 2.42. The summed E-state index contributed by atoms with van der Waals surface area (Å²) in [5, 5.41) is 3.21. The van der Waals surface area contributed by atoms with Gasteiger partial charge in [-0.2, -0.15) is 0 Å².